The number of nitrogens with two attached hydrogens (primary N) is 1. The molecule has 2 saturated carbocycles. The maximum absolute atomic E-state index is 12.6. The predicted octanol–water partition coefficient (Wildman–Crippen LogP) is 2.51. The molecule has 0 radical (unpaired) electrons. The third kappa shape index (κ3) is 6.96. The van der Waals surface area contributed by atoms with Crippen molar-refractivity contribution in [2.45, 2.75) is 107 Å². The monoisotopic (exact) mass is 612 g/mol. The molecule has 0 aromatic heterocycles. The van der Waals surface area contributed by atoms with E-state index in [-0.39, 0.29) is 59.9 Å². The van der Waals surface area contributed by atoms with Crippen molar-refractivity contribution in [2.24, 2.45) is 11.7 Å². The lowest BCUT2D eigenvalue weighted by Crippen LogP contribution is -2.66. The van der Waals surface area contributed by atoms with Gasteiger partial charge in [0.1, 0.15) is 29.5 Å². The van der Waals surface area contributed by atoms with Gasteiger partial charge in [-0.25, -0.2) is 4.79 Å². The Hall–Kier alpha value is -2.99. The van der Waals surface area contributed by atoms with Crippen molar-refractivity contribution in [3.05, 3.63) is 47.5 Å². The van der Waals surface area contributed by atoms with E-state index >= 15 is 0 Å². The summed E-state index contributed by atoms with van der Waals surface area (Å²) in [6.07, 6.45) is 7.74. The number of carbonyl (C=O) groups excluding carboxylic acids is 3. The number of amides is 3. The Labute approximate surface area is 260 Å². The molecule has 2 aliphatic heterocycles. The summed E-state index contributed by atoms with van der Waals surface area (Å²) in [5.41, 5.74) is 7.73. The Morgan fingerprint density at radius 3 is 2.48 bits per heavy atom. The van der Waals surface area contributed by atoms with Crippen LogP contribution in [0.2, 0.25) is 0 Å². The van der Waals surface area contributed by atoms with Gasteiger partial charge in [0.05, 0.1) is 24.6 Å². The summed E-state index contributed by atoms with van der Waals surface area (Å²) < 4.78 is 24.1. The summed E-state index contributed by atoms with van der Waals surface area (Å²) >= 11 is 0. The zero-order valence-electron chi connectivity index (χ0n) is 26.1. The summed E-state index contributed by atoms with van der Waals surface area (Å²) in [6.45, 7) is 5.12. The van der Waals surface area contributed by atoms with Gasteiger partial charge in [0.15, 0.2) is 0 Å². The second-order valence-corrected chi connectivity index (χ2v) is 12.8. The summed E-state index contributed by atoms with van der Waals surface area (Å²) in [5.74, 6) is -0.509. The molecule has 2 saturated heterocycles. The first-order valence-corrected chi connectivity index (χ1v) is 16.0. The van der Waals surface area contributed by atoms with Crippen molar-refractivity contribution in [1.29, 1.82) is 0 Å². The number of ether oxygens (including phenoxy) is 4. The van der Waals surface area contributed by atoms with Crippen molar-refractivity contribution in [3.63, 3.8) is 0 Å². The number of hydrogen-bond donors (Lipinski definition) is 4. The number of unbranched alkanes of at least 4 members (excludes halogenated alkanes) is 3. The number of nitrogens with one attached hydrogen (secondary N) is 3. The van der Waals surface area contributed by atoms with Crippen LogP contribution in [0.3, 0.4) is 0 Å². The van der Waals surface area contributed by atoms with Crippen LogP contribution in [0.1, 0.15) is 64.4 Å². The lowest BCUT2D eigenvalue weighted by atomic mass is 9.55. The van der Waals surface area contributed by atoms with Crippen LogP contribution < -0.4 is 21.7 Å². The van der Waals surface area contributed by atoms with Crippen molar-refractivity contribution >= 4 is 17.9 Å². The highest BCUT2D eigenvalue weighted by atomic mass is 16.7. The molecule has 44 heavy (non-hydrogen) atoms. The SMILES string of the molecule is COC1C(OC(=O)NCCCCCCNC(=O)CNC(=O)[C@@H](N)Cc2ccccc2)CC[C@]23OC2C2(O[C@@H]2CC=C(C)C)C13. The van der Waals surface area contributed by atoms with Crippen LogP contribution in [0.15, 0.2) is 42.0 Å². The van der Waals surface area contributed by atoms with Gasteiger partial charge >= 0.3 is 6.09 Å². The van der Waals surface area contributed by atoms with Crippen molar-refractivity contribution in [2.75, 3.05) is 26.7 Å². The van der Waals surface area contributed by atoms with E-state index in [1.54, 1.807) is 7.11 Å². The first-order chi connectivity index (χ1) is 21.2. The molecule has 0 bridgehead atoms. The van der Waals surface area contributed by atoms with E-state index in [1.807, 2.05) is 30.3 Å². The summed E-state index contributed by atoms with van der Waals surface area (Å²) in [6, 6.07) is 8.82. The summed E-state index contributed by atoms with van der Waals surface area (Å²) in [7, 11) is 1.68. The number of methoxy groups -OCH3 is 1. The lowest BCUT2D eigenvalue weighted by Gasteiger charge is -2.48. The van der Waals surface area contributed by atoms with Gasteiger partial charge in [0, 0.05) is 20.2 Å². The fourth-order valence-electron chi connectivity index (χ4n) is 7.20. The minimum absolute atomic E-state index is 0.0843. The first kappa shape index (κ1) is 32.4. The van der Waals surface area contributed by atoms with Gasteiger partial charge in [-0.3, -0.25) is 9.59 Å². The smallest absolute Gasteiger partial charge is 0.407 e. The summed E-state index contributed by atoms with van der Waals surface area (Å²) in [4.78, 5) is 36.8. The Morgan fingerprint density at radius 1 is 1.05 bits per heavy atom. The molecule has 4 fully saturated rings. The van der Waals surface area contributed by atoms with Crippen LogP contribution in [0.4, 0.5) is 4.79 Å². The molecule has 8 atom stereocenters. The second kappa shape index (κ2) is 14.0. The fraction of sp³-hybridized carbons (Fsp3) is 0.667. The highest BCUT2D eigenvalue weighted by molar-refractivity contribution is 5.87. The number of allylic oxidation sites excluding steroid dienone is 1. The maximum atomic E-state index is 12.6. The minimum Gasteiger partial charge on any atom is -0.443 e. The van der Waals surface area contributed by atoms with E-state index in [4.69, 9.17) is 24.7 Å². The molecular weight excluding hydrogens is 564 g/mol. The molecular formula is C33H48N4O7. The predicted molar refractivity (Wildman–Crippen MR) is 164 cm³/mol. The van der Waals surface area contributed by atoms with Crippen LogP contribution in [0, 0.1) is 5.92 Å². The zero-order valence-corrected chi connectivity index (χ0v) is 26.1. The van der Waals surface area contributed by atoms with E-state index in [2.05, 4.69) is 35.9 Å². The maximum Gasteiger partial charge on any atom is 0.407 e. The van der Waals surface area contributed by atoms with Gasteiger partial charge in [-0.1, -0.05) is 54.8 Å². The molecule has 1 aromatic rings. The number of epoxide rings is 2. The number of fused-ring (bicyclic) bond motifs is 2. The quantitative estimate of drug-likeness (QED) is 0.126. The van der Waals surface area contributed by atoms with E-state index in [0.29, 0.717) is 25.9 Å². The molecule has 242 valence electrons. The molecule has 2 heterocycles. The van der Waals surface area contributed by atoms with Gasteiger partial charge in [-0.05, 0) is 57.9 Å². The number of benzene rings is 1. The topological polar surface area (TPSA) is 157 Å². The van der Waals surface area contributed by atoms with Crippen LogP contribution in [-0.2, 0) is 35.0 Å². The molecule has 5 rings (SSSR count). The molecule has 1 aromatic carbocycles. The van der Waals surface area contributed by atoms with Crippen LogP contribution in [0.5, 0.6) is 0 Å². The Morgan fingerprint density at radius 2 is 1.77 bits per heavy atom. The zero-order chi connectivity index (χ0) is 31.3. The van der Waals surface area contributed by atoms with Gasteiger partial charge in [0.2, 0.25) is 11.8 Å². The van der Waals surface area contributed by atoms with Gasteiger partial charge in [0.25, 0.3) is 0 Å². The number of rotatable bonds is 16. The average Bonchev–Trinajstić information content (AvgIpc) is 3.90. The standard InChI is InChI=1S/C33H48N4O7/c1-21(2)13-14-25-33(43-25)28-27(41-3)24(15-16-32(28)30(33)44-32)42-31(40)36-18-10-5-4-9-17-35-26(38)20-37-29(39)23(34)19-22-11-7-6-8-12-22/h6-8,11-13,23-25,27-28,30H,4-5,9-10,14-20,34H2,1-3H3,(H,35,38)(H,36,40)(H,37,39)/t23-,24?,25+,27?,28?,30?,32+,33?/m0/s1. The van der Waals surface area contributed by atoms with E-state index in [9.17, 15) is 14.4 Å². The van der Waals surface area contributed by atoms with Crippen molar-refractivity contribution in [3.8, 4) is 0 Å². The van der Waals surface area contributed by atoms with E-state index < -0.39 is 12.1 Å². The van der Waals surface area contributed by atoms with Crippen LogP contribution >= 0.6 is 0 Å². The highest BCUT2D eigenvalue weighted by Gasteiger charge is 2.94. The van der Waals surface area contributed by atoms with E-state index in [1.165, 1.54) is 5.57 Å². The molecule has 4 aliphatic rings. The molecule has 11 nitrogen and oxygen atoms in total. The minimum atomic E-state index is -0.704. The fourth-order valence-corrected chi connectivity index (χ4v) is 7.20. The molecule has 5 unspecified atom stereocenters. The largest absolute Gasteiger partial charge is 0.443 e. The Balaban J connectivity index is 0.905. The number of hydrogen-bond acceptors (Lipinski definition) is 8. The second-order valence-electron chi connectivity index (χ2n) is 12.8. The lowest BCUT2D eigenvalue weighted by molar-refractivity contribution is -0.133. The van der Waals surface area contributed by atoms with E-state index in [0.717, 1.165) is 44.1 Å². The van der Waals surface area contributed by atoms with Crippen molar-refractivity contribution < 1.29 is 33.3 Å². The molecule has 2 spiro atoms. The third-order valence-corrected chi connectivity index (χ3v) is 9.48. The Kier molecular flexibility index (Phi) is 10.3. The third-order valence-electron chi connectivity index (χ3n) is 9.48. The summed E-state index contributed by atoms with van der Waals surface area (Å²) in [5, 5.41) is 8.28. The van der Waals surface area contributed by atoms with Gasteiger partial charge in [-0.15, -0.1) is 0 Å². The van der Waals surface area contributed by atoms with Gasteiger partial charge < -0.3 is 40.6 Å². The van der Waals surface area contributed by atoms with Crippen LogP contribution in [0.25, 0.3) is 0 Å². The normalized spacial score (nSPS) is 31.4. The highest BCUT2D eigenvalue weighted by Crippen LogP contribution is 2.77. The first-order valence-electron chi connectivity index (χ1n) is 16.0. The Bertz CT molecular complexity index is 1210. The molecule has 5 N–H and O–H groups in total. The van der Waals surface area contributed by atoms with Crippen LogP contribution in [-0.4, -0.2) is 86.3 Å². The number of carbonyl (C=O) groups is 3. The molecule has 2 aliphatic carbocycles. The molecule has 11 heteroatoms. The van der Waals surface area contributed by atoms with Gasteiger partial charge in [-0.2, -0.15) is 0 Å². The number of alkyl carbamates (subject to hydrolysis) is 1. The van der Waals surface area contributed by atoms with Crippen molar-refractivity contribution in [1.82, 2.24) is 16.0 Å². The molecule has 3 amide bonds. The average molecular weight is 613 g/mol.